The van der Waals surface area contributed by atoms with E-state index in [1.54, 1.807) is 43.0 Å². The number of anilines is 2. The second-order valence-electron chi connectivity index (χ2n) is 7.69. The van der Waals surface area contributed by atoms with Gasteiger partial charge in [0.2, 0.25) is 0 Å². The van der Waals surface area contributed by atoms with Crippen LogP contribution in [-0.4, -0.2) is 22.4 Å². The van der Waals surface area contributed by atoms with E-state index in [-0.39, 0.29) is 18.5 Å². The second kappa shape index (κ2) is 7.55. The quantitative estimate of drug-likeness (QED) is 0.492. The summed E-state index contributed by atoms with van der Waals surface area (Å²) >= 11 is 0. The van der Waals surface area contributed by atoms with Gasteiger partial charge in [-0.15, -0.1) is 0 Å². The van der Waals surface area contributed by atoms with Gasteiger partial charge in [0.25, 0.3) is 5.91 Å². The largest absolute Gasteiger partial charge is 0.457 e. The normalized spacial score (nSPS) is 15.5. The number of hydrogen-bond acceptors (Lipinski definition) is 4. The zero-order valence-corrected chi connectivity index (χ0v) is 16.9. The number of rotatable bonds is 5. The Balaban J connectivity index is 1.65. The molecule has 30 heavy (non-hydrogen) atoms. The minimum absolute atomic E-state index is 0.236. The number of carbonyl (C=O) groups excluding carboxylic acids is 2. The molecule has 3 aromatic rings. The number of ether oxygens (including phenoxy) is 1. The van der Waals surface area contributed by atoms with Crippen molar-refractivity contribution in [2.75, 3.05) is 10.6 Å². The van der Waals surface area contributed by atoms with Gasteiger partial charge in [-0.3, -0.25) is 4.79 Å². The highest BCUT2D eigenvalue weighted by atomic mass is 16.5. The summed E-state index contributed by atoms with van der Waals surface area (Å²) in [6, 6.07) is 23.4. The number of nitrogens with two attached hydrogens (primary N) is 1. The maximum absolute atomic E-state index is 13.3. The van der Waals surface area contributed by atoms with Crippen molar-refractivity contribution in [3.05, 3.63) is 84.4 Å². The van der Waals surface area contributed by atoms with Crippen molar-refractivity contribution in [1.29, 1.82) is 0 Å². The molecule has 0 aliphatic carbocycles. The molecule has 3 amide bonds. The van der Waals surface area contributed by atoms with Gasteiger partial charge in [0, 0.05) is 11.3 Å². The van der Waals surface area contributed by atoms with Gasteiger partial charge in [-0.25, -0.2) is 9.69 Å². The van der Waals surface area contributed by atoms with Crippen LogP contribution >= 0.6 is 0 Å². The highest BCUT2D eigenvalue weighted by molar-refractivity contribution is 6.23. The number of benzene rings is 3. The van der Waals surface area contributed by atoms with E-state index in [1.165, 1.54) is 4.90 Å². The standard InChI is InChI=1S/C24H23N3O3/c1-24(2)22(28)27(19-11-8-10-18(25)15-19)23(29)26(24)16-17-9-6-7-14-21(17)30-20-12-4-3-5-13-20/h3-15H,16,25H2,1-2H3. The fourth-order valence-electron chi connectivity index (χ4n) is 3.51. The summed E-state index contributed by atoms with van der Waals surface area (Å²) in [7, 11) is 0. The number of amides is 3. The molecular weight excluding hydrogens is 378 g/mol. The van der Waals surface area contributed by atoms with E-state index in [2.05, 4.69) is 0 Å². The van der Waals surface area contributed by atoms with Gasteiger partial charge in [-0.05, 0) is 50.2 Å². The Morgan fingerprint density at radius 2 is 1.60 bits per heavy atom. The van der Waals surface area contributed by atoms with Crippen LogP contribution in [0.25, 0.3) is 0 Å². The van der Waals surface area contributed by atoms with E-state index >= 15 is 0 Å². The molecule has 1 heterocycles. The van der Waals surface area contributed by atoms with Crippen molar-refractivity contribution in [2.45, 2.75) is 25.9 Å². The third-order valence-corrected chi connectivity index (χ3v) is 5.22. The van der Waals surface area contributed by atoms with Crippen LogP contribution in [-0.2, 0) is 11.3 Å². The minimum Gasteiger partial charge on any atom is -0.457 e. The van der Waals surface area contributed by atoms with Crippen molar-refractivity contribution < 1.29 is 14.3 Å². The fourth-order valence-corrected chi connectivity index (χ4v) is 3.51. The number of hydrogen-bond donors (Lipinski definition) is 1. The lowest BCUT2D eigenvalue weighted by Gasteiger charge is -2.28. The van der Waals surface area contributed by atoms with Gasteiger partial charge in [0.05, 0.1) is 12.2 Å². The van der Waals surface area contributed by atoms with E-state index in [0.29, 0.717) is 22.9 Å². The smallest absolute Gasteiger partial charge is 0.332 e. The second-order valence-corrected chi connectivity index (χ2v) is 7.69. The summed E-state index contributed by atoms with van der Waals surface area (Å²) in [5.74, 6) is 1.05. The molecule has 0 saturated carbocycles. The molecule has 6 nitrogen and oxygen atoms in total. The summed E-state index contributed by atoms with van der Waals surface area (Å²) < 4.78 is 6.02. The molecular formula is C24H23N3O3. The van der Waals surface area contributed by atoms with Crippen LogP contribution in [0.1, 0.15) is 19.4 Å². The SMILES string of the molecule is CC1(C)C(=O)N(c2cccc(N)c2)C(=O)N1Cc1ccccc1Oc1ccccc1. The number of para-hydroxylation sites is 2. The van der Waals surface area contributed by atoms with Gasteiger partial charge >= 0.3 is 6.03 Å². The van der Waals surface area contributed by atoms with Gasteiger partial charge in [-0.2, -0.15) is 0 Å². The Bertz CT molecular complexity index is 1100. The van der Waals surface area contributed by atoms with E-state index in [4.69, 9.17) is 10.5 Å². The molecule has 1 saturated heterocycles. The Morgan fingerprint density at radius 1 is 0.900 bits per heavy atom. The third kappa shape index (κ3) is 3.48. The van der Waals surface area contributed by atoms with Crippen LogP contribution in [0.15, 0.2) is 78.9 Å². The first-order valence-electron chi connectivity index (χ1n) is 9.70. The molecule has 0 radical (unpaired) electrons. The highest BCUT2D eigenvalue weighted by Crippen LogP contribution is 2.35. The van der Waals surface area contributed by atoms with Crippen molar-refractivity contribution in [3.8, 4) is 11.5 Å². The number of carbonyl (C=O) groups is 2. The molecule has 4 rings (SSSR count). The average molecular weight is 401 g/mol. The van der Waals surface area contributed by atoms with Crippen molar-refractivity contribution in [3.63, 3.8) is 0 Å². The molecule has 6 heteroatoms. The molecule has 152 valence electrons. The van der Waals surface area contributed by atoms with Crippen molar-refractivity contribution in [2.24, 2.45) is 0 Å². The van der Waals surface area contributed by atoms with E-state index in [1.807, 2.05) is 54.6 Å². The predicted octanol–water partition coefficient (Wildman–Crippen LogP) is 4.81. The van der Waals surface area contributed by atoms with Crippen LogP contribution in [0.5, 0.6) is 11.5 Å². The summed E-state index contributed by atoms with van der Waals surface area (Å²) in [5.41, 5.74) is 6.61. The number of nitrogens with zero attached hydrogens (tertiary/aromatic N) is 2. The lowest BCUT2D eigenvalue weighted by atomic mass is 10.0. The van der Waals surface area contributed by atoms with Crippen LogP contribution in [0.3, 0.4) is 0 Å². The summed E-state index contributed by atoms with van der Waals surface area (Å²) in [4.78, 5) is 29.1. The first-order valence-corrected chi connectivity index (χ1v) is 9.70. The number of nitrogen functional groups attached to an aromatic ring is 1. The highest BCUT2D eigenvalue weighted by Gasteiger charge is 2.51. The molecule has 0 unspecified atom stereocenters. The number of imide groups is 1. The van der Waals surface area contributed by atoms with E-state index in [0.717, 1.165) is 5.56 Å². The maximum atomic E-state index is 13.3. The molecule has 0 atom stereocenters. The van der Waals surface area contributed by atoms with Gasteiger partial charge in [0.15, 0.2) is 0 Å². The van der Waals surface area contributed by atoms with Gasteiger partial charge < -0.3 is 15.4 Å². The average Bonchev–Trinajstić information content (AvgIpc) is 2.89. The summed E-state index contributed by atoms with van der Waals surface area (Å²) in [6.07, 6.45) is 0. The van der Waals surface area contributed by atoms with Gasteiger partial charge in [0.1, 0.15) is 17.0 Å². The minimum atomic E-state index is -1.01. The van der Waals surface area contributed by atoms with Crippen LogP contribution in [0, 0.1) is 0 Å². The molecule has 1 aliphatic heterocycles. The van der Waals surface area contributed by atoms with E-state index in [9.17, 15) is 9.59 Å². The summed E-state index contributed by atoms with van der Waals surface area (Å²) in [5, 5.41) is 0. The first-order chi connectivity index (χ1) is 14.4. The van der Waals surface area contributed by atoms with Crippen LogP contribution < -0.4 is 15.4 Å². The number of urea groups is 1. The van der Waals surface area contributed by atoms with Crippen LogP contribution in [0.4, 0.5) is 16.2 Å². The van der Waals surface area contributed by atoms with Crippen LogP contribution in [0.2, 0.25) is 0 Å². The first kappa shape index (κ1) is 19.5. The molecule has 0 aromatic heterocycles. The fraction of sp³-hybridized carbons (Fsp3) is 0.167. The Morgan fingerprint density at radius 3 is 2.33 bits per heavy atom. The molecule has 1 fully saturated rings. The molecule has 3 aromatic carbocycles. The van der Waals surface area contributed by atoms with Crippen molar-refractivity contribution >= 4 is 23.3 Å². The maximum Gasteiger partial charge on any atom is 0.332 e. The lowest BCUT2D eigenvalue weighted by Crippen LogP contribution is -2.43. The Hall–Kier alpha value is -3.80. The van der Waals surface area contributed by atoms with Crippen molar-refractivity contribution in [1.82, 2.24) is 4.90 Å². The van der Waals surface area contributed by atoms with Gasteiger partial charge in [-0.1, -0.05) is 42.5 Å². The lowest BCUT2D eigenvalue weighted by molar-refractivity contribution is -0.123. The molecule has 0 bridgehead atoms. The Labute approximate surface area is 175 Å². The zero-order valence-electron chi connectivity index (χ0n) is 16.9. The Kier molecular flexibility index (Phi) is 4.91. The molecule has 2 N–H and O–H groups in total. The predicted molar refractivity (Wildman–Crippen MR) is 116 cm³/mol. The monoisotopic (exact) mass is 401 g/mol. The molecule has 0 spiro atoms. The summed E-state index contributed by atoms with van der Waals surface area (Å²) in [6.45, 7) is 3.74. The topological polar surface area (TPSA) is 75.9 Å². The van der Waals surface area contributed by atoms with E-state index < -0.39 is 5.54 Å². The third-order valence-electron chi connectivity index (χ3n) is 5.22. The zero-order chi connectivity index (χ0) is 21.3. The molecule has 1 aliphatic rings.